The van der Waals surface area contributed by atoms with Gasteiger partial charge in [-0.25, -0.2) is 0 Å². The van der Waals surface area contributed by atoms with E-state index in [1.165, 1.54) is 13.5 Å². The lowest BCUT2D eigenvalue weighted by molar-refractivity contribution is -0.155. The average Bonchev–Trinajstić information content (AvgIpc) is 2.28. The van der Waals surface area contributed by atoms with Gasteiger partial charge in [-0.3, -0.25) is 4.79 Å². The van der Waals surface area contributed by atoms with Gasteiger partial charge in [-0.1, -0.05) is 32.9 Å². The minimum absolute atomic E-state index is 0.0241. The van der Waals surface area contributed by atoms with E-state index in [0.717, 1.165) is 12.8 Å². The molecule has 3 aliphatic carbocycles. The third kappa shape index (κ3) is 1.50. The second kappa shape index (κ2) is 3.61. The monoisotopic (exact) mass is 222 g/mol. The van der Waals surface area contributed by atoms with Crippen molar-refractivity contribution in [2.24, 2.45) is 22.7 Å². The summed E-state index contributed by atoms with van der Waals surface area (Å²) in [7, 11) is 1.50. The van der Waals surface area contributed by atoms with Crippen LogP contribution in [0.2, 0.25) is 0 Å². The molecule has 1 fully saturated rings. The number of methoxy groups -OCH3 is 1. The van der Waals surface area contributed by atoms with Crippen molar-refractivity contribution < 1.29 is 9.53 Å². The van der Waals surface area contributed by atoms with Gasteiger partial charge in [-0.05, 0) is 30.6 Å². The average molecular weight is 222 g/mol. The van der Waals surface area contributed by atoms with Crippen LogP contribution in [0.5, 0.6) is 0 Å². The Balaban J connectivity index is 2.39. The molecule has 2 nitrogen and oxygen atoms in total. The Morgan fingerprint density at radius 2 is 2.06 bits per heavy atom. The van der Waals surface area contributed by atoms with Crippen molar-refractivity contribution in [1.82, 2.24) is 0 Å². The van der Waals surface area contributed by atoms with Crippen LogP contribution >= 0.6 is 0 Å². The molecule has 2 bridgehead atoms. The number of hydrogen-bond donors (Lipinski definition) is 0. The molecule has 3 atom stereocenters. The first kappa shape index (κ1) is 11.7. The van der Waals surface area contributed by atoms with Crippen LogP contribution in [0.4, 0.5) is 0 Å². The fourth-order valence-corrected chi connectivity index (χ4v) is 3.47. The summed E-state index contributed by atoms with van der Waals surface area (Å²) in [6.07, 6.45) is 7.91. The van der Waals surface area contributed by atoms with Crippen LogP contribution in [0.3, 0.4) is 0 Å². The Morgan fingerprint density at radius 3 is 2.50 bits per heavy atom. The van der Waals surface area contributed by atoms with E-state index in [-0.39, 0.29) is 22.7 Å². The standard InChI is InChI=1S/C14H22O2/c1-10(2)14-7-5-13(3,6-8-14)9-11(14)12(15)16-4/h5,7,10-11H,6,8-9H2,1-4H3. The highest BCUT2D eigenvalue weighted by molar-refractivity contribution is 5.74. The first-order valence-electron chi connectivity index (χ1n) is 6.22. The zero-order valence-corrected chi connectivity index (χ0v) is 10.7. The molecule has 0 aromatic carbocycles. The molecular weight excluding hydrogens is 200 g/mol. The number of allylic oxidation sites excluding steroid dienone is 2. The van der Waals surface area contributed by atoms with E-state index in [9.17, 15) is 4.79 Å². The van der Waals surface area contributed by atoms with Gasteiger partial charge in [0.2, 0.25) is 0 Å². The third-order valence-corrected chi connectivity index (χ3v) is 4.80. The Morgan fingerprint density at radius 1 is 1.38 bits per heavy atom. The van der Waals surface area contributed by atoms with Crippen LogP contribution in [-0.4, -0.2) is 13.1 Å². The van der Waals surface area contributed by atoms with E-state index >= 15 is 0 Å². The fraction of sp³-hybridized carbons (Fsp3) is 0.786. The molecule has 16 heavy (non-hydrogen) atoms. The third-order valence-electron chi connectivity index (χ3n) is 4.80. The van der Waals surface area contributed by atoms with Gasteiger partial charge >= 0.3 is 5.97 Å². The smallest absolute Gasteiger partial charge is 0.309 e. The Kier molecular flexibility index (Phi) is 2.64. The first-order chi connectivity index (χ1) is 7.43. The van der Waals surface area contributed by atoms with Gasteiger partial charge in [0.1, 0.15) is 0 Å². The predicted molar refractivity (Wildman–Crippen MR) is 63.9 cm³/mol. The summed E-state index contributed by atoms with van der Waals surface area (Å²) in [6.45, 7) is 6.69. The molecule has 3 rings (SSSR count). The topological polar surface area (TPSA) is 26.3 Å². The minimum atomic E-state index is -0.0241. The molecule has 0 amide bonds. The molecule has 3 unspecified atom stereocenters. The minimum Gasteiger partial charge on any atom is -0.469 e. The van der Waals surface area contributed by atoms with E-state index in [1.807, 2.05) is 0 Å². The summed E-state index contributed by atoms with van der Waals surface area (Å²) in [6, 6.07) is 0. The SMILES string of the molecule is COC(=O)C1CC2(C)C=CC1(C(C)C)CC2. The van der Waals surface area contributed by atoms with Gasteiger partial charge in [0.05, 0.1) is 13.0 Å². The number of ether oxygens (including phenoxy) is 1. The molecule has 0 radical (unpaired) electrons. The molecular formula is C14H22O2. The zero-order valence-electron chi connectivity index (χ0n) is 10.7. The predicted octanol–water partition coefficient (Wildman–Crippen LogP) is 3.18. The van der Waals surface area contributed by atoms with E-state index in [2.05, 4.69) is 32.9 Å². The molecule has 90 valence electrons. The molecule has 0 aromatic heterocycles. The van der Waals surface area contributed by atoms with Crippen LogP contribution in [0.15, 0.2) is 12.2 Å². The molecule has 0 N–H and O–H groups in total. The number of hydrogen-bond acceptors (Lipinski definition) is 2. The highest BCUT2D eigenvalue weighted by Gasteiger charge is 2.53. The lowest BCUT2D eigenvalue weighted by Crippen LogP contribution is -2.49. The number of esters is 1. The van der Waals surface area contributed by atoms with Crippen molar-refractivity contribution in [2.45, 2.75) is 40.0 Å². The molecule has 3 aliphatic rings. The highest BCUT2D eigenvalue weighted by atomic mass is 16.5. The van der Waals surface area contributed by atoms with E-state index in [1.54, 1.807) is 0 Å². The van der Waals surface area contributed by atoms with Gasteiger partial charge in [-0.15, -0.1) is 0 Å². The van der Waals surface area contributed by atoms with Gasteiger partial charge in [0.25, 0.3) is 0 Å². The Hall–Kier alpha value is -0.790. The Labute approximate surface area is 98.1 Å². The molecule has 2 heteroatoms. The first-order valence-corrected chi connectivity index (χ1v) is 6.22. The second-order valence-corrected chi connectivity index (χ2v) is 6.03. The number of fused-ring (bicyclic) bond motifs is 2. The van der Waals surface area contributed by atoms with Crippen molar-refractivity contribution in [3.05, 3.63) is 12.2 Å². The van der Waals surface area contributed by atoms with E-state index in [4.69, 9.17) is 4.74 Å². The molecule has 0 heterocycles. The van der Waals surface area contributed by atoms with Crippen LogP contribution in [0, 0.1) is 22.7 Å². The van der Waals surface area contributed by atoms with Crippen LogP contribution in [-0.2, 0) is 9.53 Å². The van der Waals surface area contributed by atoms with Crippen LogP contribution < -0.4 is 0 Å². The van der Waals surface area contributed by atoms with Gasteiger partial charge in [0, 0.05) is 5.41 Å². The van der Waals surface area contributed by atoms with Crippen molar-refractivity contribution in [3.63, 3.8) is 0 Å². The maximum atomic E-state index is 12.0. The number of rotatable bonds is 2. The summed E-state index contributed by atoms with van der Waals surface area (Å²) in [5, 5.41) is 0. The lowest BCUT2D eigenvalue weighted by Gasteiger charge is -2.53. The molecule has 0 aromatic rings. The van der Waals surface area contributed by atoms with Gasteiger partial charge in [-0.2, -0.15) is 0 Å². The molecule has 1 saturated carbocycles. The van der Waals surface area contributed by atoms with Crippen LogP contribution in [0.1, 0.15) is 40.0 Å². The zero-order chi connectivity index (χ0) is 12.0. The quantitative estimate of drug-likeness (QED) is 0.530. The Bertz CT molecular complexity index is 332. The lowest BCUT2D eigenvalue weighted by atomic mass is 9.50. The summed E-state index contributed by atoms with van der Waals surface area (Å²) in [5.41, 5.74) is 0.264. The molecule has 0 aliphatic heterocycles. The van der Waals surface area contributed by atoms with Gasteiger partial charge in [0.15, 0.2) is 0 Å². The maximum Gasteiger partial charge on any atom is 0.309 e. The van der Waals surface area contributed by atoms with Crippen molar-refractivity contribution >= 4 is 5.97 Å². The largest absolute Gasteiger partial charge is 0.469 e. The highest BCUT2D eigenvalue weighted by Crippen LogP contribution is 2.58. The summed E-state index contributed by atoms with van der Waals surface area (Å²) < 4.78 is 4.99. The normalized spacial score (nSPS) is 41.4. The number of carbonyl (C=O) groups excluding carboxylic acids is 1. The van der Waals surface area contributed by atoms with Crippen molar-refractivity contribution in [3.8, 4) is 0 Å². The van der Waals surface area contributed by atoms with Gasteiger partial charge < -0.3 is 4.74 Å². The maximum absolute atomic E-state index is 12.0. The number of carbonyl (C=O) groups is 1. The summed E-state index contributed by atoms with van der Waals surface area (Å²) in [4.78, 5) is 12.0. The van der Waals surface area contributed by atoms with Crippen molar-refractivity contribution in [2.75, 3.05) is 7.11 Å². The van der Waals surface area contributed by atoms with E-state index < -0.39 is 0 Å². The summed E-state index contributed by atoms with van der Waals surface area (Å²) in [5.74, 6) is 0.530. The second-order valence-electron chi connectivity index (χ2n) is 6.03. The molecule has 0 saturated heterocycles. The fourth-order valence-electron chi connectivity index (χ4n) is 3.47. The van der Waals surface area contributed by atoms with E-state index in [0.29, 0.717) is 5.92 Å². The van der Waals surface area contributed by atoms with Crippen LogP contribution in [0.25, 0.3) is 0 Å². The molecule has 0 spiro atoms. The summed E-state index contributed by atoms with van der Waals surface area (Å²) >= 11 is 0. The van der Waals surface area contributed by atoms with Crippen molar-refractivity contribution in [1.29, 1.82) is 0 Å².